The van der Waals surface area contributed by atoms with Gasteiger partial charge in [0, 0.05) is 10.6 Å². The third kappa shape index (κ3) is 6.21. The topological polar surface area (TPSA) is 59.9 Å². The van der Waals surface area contributed by atoms with Crippen LogP contribution in [0.1, 0.15) is 28.4 Å². The van der Waals surface area contributed by atoms with Gasteiger partial charge in [0.05, 0.1) is 16.4 Å². The molecule has 0 radical (unpaired) electrons. The van der Waals surface area contributed by atoms with E-state index in [-0.39, 0.29) is 5.91 Å². The van der Waals surface area contributed by atoms with E-state index in [0.717, 1.165) is 14.7 Å². The molecule has 154 valence electrons. The molecule has 3 aromatic carbocycles. The molecule has 5 nitrogen and oxygen atoms in total. The number of hydrazone groups is 1. The van der Waals surface area contributed by atoms with Crippen LogP contribution in [0, 0.1) is 3.57 Å². The molecule has 7 heteroatoms. The first-order valence-electron chi connectivity index (χ1n) is 9.29. The molecule has 0 spiro atoms. The van der Waals surface area contributed by atoms with Crippen LogP contribution in [-0.2, 0) is 6.61 Å². The van der Waals surface area contributed by atoms with Crippen LogP contribution in [0.2, 0.25) is 5.02 Å². The van der Waals surface area contributed by atoms with Gasteiger partial charge in [-0.05, 0) is 71.0 Å². The van der Waals surface area contributed by atoms with E-state index in [9.17, 15) is 4.79 Å². The van der Waals surface area contributed by atoms with Crippen LogP contribution in [0.4, 0.5) is 0 Å². The van der Waals surface area contributed by atoms with Crippen molar-refractivity contribution >= 4 is 46.3 Å². The summed E-state index contributed by atoms with van der Waals surface area (Å²) in [5.74, 6) is 0.973. The number of amides is 1. The summed E-state index contributed by atoms with van der Waals surface area (Å²) in [6, 6.07) is 20.4. The van der Waals surface area contributed by atoms with Gasteiger partial charge in [-0.1, -0.05) is 48.0 Å². The summed E-state index contributed by atoms with van der Waals surface area (Å²) in [7, 11) is 0. The summed E-state index contributed by atoms with van der Waals surface area (Å²) in [6.07, 6.45) is 1.56. The number of carbonyl (C=O) groups excluding carboxylic acids is 1. The highest BCUT2D eigenvalue weighted by molar-refractivity contribution is 14.1. The first-order valence-corrected chi connectivity index (χ1v) is 10.7. The molecule has 0 heterocycles. The van der Waals surface area contributed by atoms with Gasteiger partial charge in [0.1, 0.15) is 6.61 Å². The van der Waals surface area contributed by atoms with E-state index in [4.69, 9.17) is 21.1 Å². The molecule has 0 atom stereocenters. The van der Waals surface area contributed by atoms with Crippen LogP contribution in [0.3, 0.4) is 0 Å². The van der Waals surface area contributed by atoms with Crippen molar-refractivity contribution in [3.63, 3.8) is 0 Å². The quantitative estimate of drug-likeness (QED) is 0.230. The number of hydrogen-bond acceptors (Lipinski definition) is 4. The van der Waals surface area contributed by atoms with Gasteiger partial charge in [-0.25, -0.2) is 5.43 Å². The Morgan fingerprint density at radius 3 is 2.63 bits per heavy atom. The van der Waals surface area contributed by atoms with Gasteiger partial charge < -0.3 is 9.47 Å². The first-order chi connectivity index (χ1) is 14.6. The molecule has 0 saturated carbocycles. The number of halogens is 2. The maximum Gasteiger partial charge on any atom is 0.271 e. The maximum absolute atomic E-state index is 12.2. The van der Waals surface area contributed by atoms with Gasteiger partial charge in [-0.2, -0.15) is 5.10 Å². The van der Waals surface area contributed by atoms with Gasteiger partial charge in [0.25, 0.3) is 5.91 Å². The fourth-order valence-electron chi connectivity index (χ4n) is 2.65. The molecule has 1 N–H and O–H groups in total. The van der Waals surface area contributed by atoms with Crippen LogP contribution in [0.5, 0.6) is 11.5 Å². The minimum atomic E-state index is -0.337. The molecule has 0 aliphatic heterocycles. The lowest BCUT2D eigenvalue weighted by Gasteiger charge is -2.14. The van der Waals surface area contributed by atoms with Crippen LogP contribution in [0.25, 0.3) is 0 Å². The Labute approximate surface area is 194 Å². The van der Waals surface area contributed by atoms with Crippen molar-refractivity contribution in [1.82, 2.24) is 5.43 Å². The van der Waals surface area contributed by atoms with Gasteiger partial charge in [0.2, 0.25) is 0 Å². The second-order valence-corrected chi connectivity index (χ2v) is 7.85. The van der Waals surface area contributed by atoms with Crippen molar-refractivity contribution in [3.05, 3.63) is 92.0 Å². The van der Waals surface area contributed by atoms with E-state index in [1.807, 2.05) is 49.4 Å². The molecule has 0 saturated heterocycles. The Kier molecular flexibility index (Phi) is 8.10. The number of carbonyl (C=O) groups is 1. The number of hydrogen-bond donors (Lipinski definition) is 1. The highest BCUT2D eigenvalue weighted by Crippen LogP contribution is 2.34. The van der Waals surface area contributed by atoms with E-state index < -0.39 is 0 Å². The van der Waals surface area contributed by atoms with Crippen LogP contribution in [0.15, 0.2) is 71.8 Å². The zero-order chi connectivity index (χ0) is 21.3. The molecule has 0 fully saturated rings. The minimum absolute atomic E-state index is 0.337. The van der Waals surface area contributed by atoms with Gasteiger partial charge in [0.15, 0.2) is 11.5 Å². The van der Waals surface area contributed by atoms with Crippen molar-refractivity contribution in [3.8, 4) is 11.5 Å². The first kappa shape index (κ1) is 22.1. The minimum Gasteiger partial charge on any atom is -0.490 e. The summed E-state index contributed by atoms with van der Waals surface area (Å²) in [5, 5.41) is 4.54. The lowest BCUT2D eigenvalue weighted by atomic mass is 10.2. The average Bonchev–Trinajstić information content (AvgIpc) is 2.74. The normalized spacial score (nSPS) is 10.8. The molecule has 0 bridgehead atoms. The number of ether oxygens (including phenoxy) is 2. The Balaban J connectivity index is 1.72. The van der Waals surface area contributed by atoms with Gasteiger partial charge in [-0.15, -0.1) is 0 Å². The largest absolute Gasteiger partial charge is 0.490 e. The third-order valence-corrected chi connectivity index (χ3v) is 5.06. The SMILES string of the molecule is CCOc1cc(/C=N\NC(=O)c2cccc(Cl)c2)cc(I)c1OCc1ccccc1. The highest BCUT2D eigenvalue weighted by atomic mass is 127. The molecule has 1 amide bonds. The molecule has 3 aromatic rings. The zero-order valence-corrected chi connectivity index (χ0v) is 19.2. The van der Waals surface area contributed by atoms with Crippen molar-refractivity contribution in [2.45, 2.75) is 13.5 Å². The zero-order valence-electron chi connectivity index (χ0n) is 16.3. The number of benzene rings is 3. The van der Waals surface area contributed by atoms with E-state index in [2.05, 4.69) is 33.1 Å². The monoisotopic (exact) mass is 534 g/mol. The fraction of sp³-hybridized carbons (Fsp3) is 0.130. The van der Waals surface area contributed by atoms with Crippen molar-refractivity contribution in [2.24, 2.45) is 5.10 Å². The molecular weight excluding hydrogens is 515 g/mol. The average molecular weight is 535 g/mol. The molecule has 0 aliphatic carbocycles. The molecular formula is C23H20ClIN2O3. The summed E-state index contributed by atoms with van der Waals surface area (Å²) in [4.78, 5) is 12.2. The predicted octanol–water partition coefficient (Wildman–Crippen LogP) is 5.69. The molecule has 0 aromatic heterocycles. The lowest BCUT2D eigenvalue weighted by Crippen LogP contribution is -2.17. The van der Waals surface area contributed by atoms with E-state index >= 15 is 0 Å². The fourth-order valence-corrected chi connectivity index (χ4v) is 3.63. The highest BCUT2D eigenvalue weighted by Gasteiger charge is 2.12. The third-order valence-electron chi connectivity index (χ3n) is 4.02. The second-order valence-electron chi connectivity index (χ2n) is 6.25. The van der Waals surface area contributed by atoms with Gasteiger partial charge in [-0.3, -0.25) is 4.79 Å². The molecule has 0 aliphatic rings. The van der Waals surface area contributed by atoms with Crippen LogP contribution < -0.4 is 14.9 Å². The van der Waals surface area contributed by atoms with Crippen molar-refractivity contribution in [1.29, 1.82) is 0 Å². The lowest BCUT2D eigenvalue weighted by molar-refractivity contribution is 0.0955. The van der Waals surface area contributed by atoms with E-state index in [1.165, 1.54) is 0 Å². The molecule has 30 heavy (non-hydrogen) atoms. The number of rotatable bonds is 8. The van der Waals surface area contributed by atoms with Crippen LogP contribution >= 0.6 is 34.2 Å². The summed E-state index contributed by atoms with van der Waals surface area (Å²) in [6.45, 7) is 2.86. The Morgan fingerprint density at radius 1 is 1.10 bits per heavy atom. The number of nitrogens with zero attached hydrogens (tertiary/aromatic N) is 1. The van der Waals surface area contributed by atoms with E-state index in [0.29, 0.717) is 35.3 Å². The summed E-state index contributed by atoms with van der Waals surface area (Å²) < 4.78 is 12.7. The van der Waals surface area contributed by atoms with Gasteiger partial charge >= 0.3 is 0 Å². The predicted molar refractivity (Wildman–Crippen MR) is 128 cm³/mol. The maximum atomic E-state index is 12.2. The molecule has 0 unspecified atom stereocenters. The Hall–Kier alpha value is -2.58. The van der Waals surface area contributed by atoms with Crippen molar-refractivity contribution < 1.29 is 14.3 Å². The summed E-state index contributed by atoms with van der Waals surface area (Å²) in [5.41, 5.74) is 4.80. The second kappa shape index (κ2) is 11.0. The smallest absolute Gasteiger partial charge is 0.271 e. The van der Waals surface area contributed by atoms with E-state index in [1.54, 1.807) is 30.5 Å². The van der Waals surface area contributed by atoms with Crippen LogP contribution in [-0.4, -0.2) is 18.7 Å². The standard InChI is InChI=1S/C23H20ClIN2O3/c1-2-29-21-12-17(14-26-27-23(28)18-9-6-10-19(24)13-18)11-20(25)22(21)30-15-16-7-4-3-5-8-16/h3-14H,2,15H2,1H3,(H,27,28)/b26-14-. The summed E-state index contributed by atoms with van der Waals surface area (Å²) >= 11 is 8.12. The Morgan fingerprint density at radius 2 is 1.90 bits per heavy atom. The molecule has 3 rings (SSSR count). The van der Waals surface area contributed by atoms with Crippen molar-refractivity contribution in [2.75, 3.05) is 6.61 Å². The number of nitrogens with one attached hydrogen (secondary N) is 1. The Bertz CT molecular complexity index is 1040.